The smallest absolute Gasteiger partial charge is 0.264 e. The lowest BCUT2D eigenvalue weighted by atomic mass is 10.1. The fraction of sp³-hybridized carbons (Fsp3) is 0.333. The van der Waals surface area contributed by atoms with E-state index in [1.165, 1.54) is 4.90 Å². The zero-order valence-electron chi connectivity index (χ0n) is 23.3. The Labute approximate surface area is 249 Å². The fourth-order valence-electron chi connectivity index (χ4n) is 4.04. The van der Waals surface area contributed by atoms with E-state index in [0.29, 0.717) is 18.9 Å². The Kier molecular flexibility index (Phi) is 11.7. The third kappa shape index (κ3) is 8.77. The van der Waals surface area contributed by atoms with Gasteiger partial charge in [-0.2, -0.15) is 0 Å². The molecule has 8 nitrogen and oxygen atoms in total. The highest BCUT2D eigenvalue weighted by molar-refractivity contribution is 9.10. The summed E-state index contributed by atoms with van der Waals surface area (Å²) in [6.07, 6.45) is 1.69. The Morgan fingerprint density at radius 1 is 0.976 bits per heavy atom. The van der Waals surface area contributed by atoms with E-state index in [0.717, 1.165) is 51.4 Å². The van der Waals surface area contributed by atoms with Crippen molar-refractivity contribution in [2.24, 2.45) is 0 Å². The molecule has 3 rings (SSSR count). The van der Waals surface area contributed by atoms with Crippen molar-refractivity contribution < 1.29 is 27.1 Å². The number of carbonyl (C=O) groups excluding carboxylic acids is 2. The molecule has 1 N–H and O–H groups in total. The molecular formula is C30H35BrFN3O5S. The van der Waals surface area contributed by atoms with E-state index in [-0.39, 0.29) is 23.0 Å². The number of unbranched alkanes of at least 4 members (excludes halogenated alkanes) is 1. The van der Waals surface area contributed by atoms with E-state index >= 15 is 0 Å². The molecular weight excluding hydrogens is 613 g/mol. The molecule has 2 amide bonds. The second-order valence-electron chi connectivity index (χ2n) is 9.36. The minimum atomic E-state index is -4.29. The van der Waals surface area contributed by atoms with Gasteiger partial charge in [0.2, 0.25) is 11.8 Å². The molecule has 0 saturated carbocycles. The van der Waals surface area contributed by atoms with Crippen LogP contribution in [-0.2, 0) is 26.2 Å². The first-order valence-electron chi connectivity index (χ1n) is 13.4. The van der Waals surface area contributed by atoms with Crippen molar-refractivity contribution in [3.05, 3.63) is 88.6 Å². The highest BCUT2D eigenvalue weighted by Gasteiger charge is 2.32. The Morgan fingerprint density at radius 2 is 1.61 bits per heavy atom. The van der Waals surface area contributed by atoms with Crippen LogP contribution in [0.3, 0.4) is 0 Å². The molecule has 0 unspecified atom stereocenters. The number of halogens is 2. The molecule has 0 aromatic heterocycles. The van der Waals surface area contributed by atoms with E-state index in [9.17, 15) is 22.4 Å². The van der Waals surface area contributed by atoms with Crippen LogP contribution in [0.4, 0.5) is 10.1 Å². The van der Waals surface area contributed by atoms with Crippen LogP contribution < -0.4 is 14.4 Å². The Morgan fingerprint density at radius 3 is 2.20 bits per heavy atom. The minimum absolute atomic E-state index is 0.0855. The van der Waals surface area contributed by atoms with Gasteiger partial charge in [-0.05, 0) is 86.5 Å². The van der Waals surface area contributed by atoms with Crippen molar-refractivity contribution in [1.82, 2.24) is 10.2 Å². The van der Waals surface area contributed by atoms with Crippen LogP contribution in [0.5, 0.6) is 5.75 Å². The molecule has 1 atom stereocenters. The number of anilines is 1. The standard InChI is InChI=1S/C30H35BrFN3O5S/c1-4-6-19-33-30(37)22(3)34(20-23-7-9-24(31)10-8-23)29(36)21-35(26-13-15-27(16-14-26)40-5-2)41(38,39)28-17-11-25(32)12-18-28/h7-18,22H,4-6,19-21H2,1-3H3,(H,33,37)/t22-/m1/s1. The predicted octanol–water partition coefficient (Wildman–Crippen LogP) is 5.52. The first-order chi connectivity index (χ1) is 19.6. The maximum Gasteiger partial charge on any atom is 0.264 e. The van der Waals surface area contributed by atoms with Crippen LogP contribution in [0.25, 0.3) is 0 Å². The number of hydrogen-bond donors (Lipinski definition) is 1. The molecule has 0 aliphatic carbocycles. The number of carbonyl (C=O) groups is 2. The van der Waals surface area contributed by atoms with Gasteiger partial charge < -0.3 is 15.0 Å². The number of nitrogens with zero attached hydrogens (tertiary/aromatic N) is 2. The monoisotopic (exact) mass is 647 g/mol. The second kappa shape index (κ2) is 15.0. The van der Waals surface area contributed by atoms with Gasteiger partial charge in [-0.1, -0.05) is 41.4 Å². The van der Waals surface area contributed by atoms with Crippen molar-refractivity contribution in [2.75, 3.05) is 24.0 Å². The number of amides is 2. The van der Waals surface area contributed by atoms with Crippen LogP contribution in [0, 0.1) is 5.82 Å². The second-order valence-corrected chi connectivity index (χ2v) is 12.1. The third-order valence-electron chi connectivity index (χ3n) is 6.38. The molecule has 220 valence electrons. The van der Waals surface area contributed by atoms with Crippen LogP contribution in [0.15, 0.2) is 82.2 Å². The molecule has 0 aliphatic rings. The predicted molar refractivity (Wildman–Crippen MR) is 161 cm³/mol. The maximum atomic E-state index is 13.9. The number of benzene rings is 3. The third-order valence-corrected chi connectivity index (χ3v) is 8.70. The summed E-state index contributed by atoms with van der Waals surface area (Å²) < 4.78 is 48.5. The summed E-state index contributed by atoms with van der Waals surface area (Å²) >= 11 is 3.40. The summed E-state index contributed by atoms with van der Waals surface area (Å²) in [5, 5.41) is 2.86. The summed E-state index contributed by atoms with van der Waals surface area (Å²) in [7, 11) is -4.29. The summed E-state index contributed by atoms with van der Waals surface area (Å²) in [6, 6.07) is 17.1. The quantitative estimate of drug-likeness (QED) is 0.233. The van der Waals surface area contributed by atoms with Crippen LogP contribution in [0.2, 0.25) is 0 Å². The fourth-order valence-corrected chi connectivity index (χ4v) is 5.72. The molecule has 0 fully saturated rings. The van der Waals surface area contributed by atoms with Crippen molar-refractivity contribution in [3.8, 4) is 5.75 Å². The van der Waals surface area contributed by atoms with Gasteiger partial charge in [-0.15, -0.1) is 0 Å². The Balaban J connectivity index is 2.00. The van der Waals surface area contributed by atoms with Crippen molar-refractivity contribution in [2.45, 2.75) is 51.1 Å². The Bertz CT molecular complexity index is 1400. The van der Waals surface area contributed by atoms with E-state index < -0.39 is 34.3 Å². The molecule has 41 heavy (non-hydrogen) atoms. The van der Waals surface area contributed by atoms with E-state index in [1.807, 2.05) is 38.1 Å². The van der Waals surface area contributed by atoms with Gasteiger partial charge in [0.05, 0.1) is 17.2 Å². The average Bonchev–Trinajstić information content (AvgIpc) is 2.96. The van der Waals surface area contributed by atoms with E-state index in [1.54, 1.807) is 31.2 Å². The topological polar surface area (TPSA) is 96.0 Å². The van der Waals surface area contributed by atoms with Crippen molar-refractivity contribution in [1.29, 1.82) is 0 Å². The molecule has 0 heterocycles. The number of hydrogen-bond acceptors (Lipinski definition) is 5. The van der Waals surface area contributed by atoms with Gasteiger partial charge in [0.1, 0.15) is 24.2 Å². The van der Waals surface area contributed by atoms with Crippen molar-refractivity contribution >= 4 is 43.5 Å². The molecule has 3 aromatic rings. The molecule has 0 saturated heterocycles. The van der Waals surface area contributed by atoms with Crippen LogP contribution >= 0.6 is 15.9 Å². The number of ether oxygens (including phenoxy) is 1. The molecule has 3 aromatic carbocycles. The van der Waals surface area contributed by atoms with Gasteiger partial charge in [0.15, 0.2) is 0 Å². The largest absolute Gasteiger partial charge is 0.494 e. The summed E-state index contributed by atoms with van der Waals surface area (Å²) in [5.41, 5.74) is 0.985. The number of rotatable bonds is 14. The van der Waals surface area contributed by atoms with Gasteiger partial charge >= 0.3 is 0 Å². The lowest BCUT2D eigenvalue weighted by molar-refractivity contribution is -0.139. The van der Waals surface area contributed by atoms with Gasteiger partial charge in [-0.25, -0.2) is 12.8 Å². The lowest BCUT2D eigenvalue weighted by Crippen LogP contribution is -2.51. The van der Waals surface area contributed by atoms with Gasteiger partial charge in [-0.3, -0.25) is 13.9 Å². The van der Waals surface area contributed by atoms with Gasteiger partial charge in [0, 0.05) is 17.6 Å². The molecule has 0 spiro atoms. The van der Waals surface area contributed by atoms with E-state index in [4.69, 9.17) is 4.74 Å². The number of sulfonamides is 1. The summed E-state index contributed by atoms with van der Waals surface area (Å²) in [4.78, 5) is 28.1. The minimum Gasteiger partial charge on any atom is -0.494 e. The summed E-state index contributed by atoms with van der Waals surface area (Å²) in [6.45, 7) is 5.86. The SMILES string of the molecule is CCCCNC(=O)[C@@H](C)N(Cc1ccc(Br)cc1)C(=O)CN(c1ccc(OCC)cc1)S(=O)(=O)c1ccc(F)cc1. The first kappa shape index (κ1) is 32.1. The van der Waals surface area contributed by atoms with Crippen LogP contribution in [0.1, 0.15) is 39.2 Å². The normalized spacial score (nSPS) is 11.9. The van der Waals surface area contributed by atoms with E-state index in [2.05, 4.69) is 21.2 Å². The summed E-state index contributed by atoms with van der Waals surface area (Å²) in [5.74, 6) is -0.962. The maximum absolute atomic E-state index is 13.9. The molecule has 0 radical (unpaired) electrons. The zero-order valence-corrected chi connectivity index (χ0v) is 25.8. The average molecular weight is 649 g/mol. The van der Waals surface area contributed by atoms with Crippen LogP contribution in [-0.4, -0.2) is 50.9 Å². The first-order valence-corrected chi connectivity index (χ1v) is 15.6. The highest BCUT2D eigenvalue weighted by Crippen LogP contribution is 2.27. The van der Waals surface area contributed by atoms with Crippen molar-refractivity contribution in [3.63, 3.8) is 0 Å². The van der Waals surface area contributed by atoms with Gasteiger partial charge in [0.25, 0.3) is 10.0 Å². The molecule has 11 heteroatoms. The lowest BCUT2D eigenvalue weighted by Gasteiger charge is -2.32. The molecule has 0 aliphatic heterocycles. The highest BCUT2D eigenvalue weighted by atomic mass is 79.9. The zero-order chi connectivity index (χ0) is 30.0. The Hall–Kier alpha value is -3.44. The number of nitrogens with one attached hydrogen (secondary N) is 1. The molecule has 0 bridgehead atoms.